The highest BCUT2D eigenvalue weighted by Crippen LogP contribution is 1.74. The van der Waals surface area contributed by atoms with Crippen LogP contribution < -0.4 is 5.32 Å². The molecular weight excluding hydrogens is 118 g/mol. The molecule has 1 N–H and O–H groups in total. The van der Waals surface area contributed by atoms with Crippen LogP contribution in [0.4, 0.5) is 0 Å². The Morgan fingerprint density at radius 2 is 2.25 bits per heavy atom. The van der Waals surface area contributed by atoms with Crippen LogP contribution in [0.1, 0.15) is 6.42 Å². The number of hydrogen-bond acceptors (Lipinski definition) is 2. The van der Waals surface area contributed by atoms with Gasteiger partial charge in [0.2, 0.25) is 0 Å². The fourth-order valence-electron chi connectivity index (χ4n) is 0.408. The molecule has 0 unspecified atom stereocenters. The highest BCUT2D eigenvalue weighted by atomic mass is 32.1. The fraction of sp³-hybridized carbons (Fsp3) is 0.667. The zero-order valence-corrected chi connectivity index (χ0v) is 5.95. The number of thiol groups is 1. The van der Waals surface area contributed by atoms with E-state index in [2.05, 4.69) is 24.5 Å². The molecule has 0 saturated carbocycles. The molecule has 0 aliphatic rings. The van der Waals surface area contributed by atoms with Gasteiger partial charge in [0.1, 0.15) is 0 Å². The zero-order chi connectivity index (χ0) is 6.24. The van der Waals surface area contributed by atoms with E-state index in [1.54, 1.807) is 0 Å². The maximum absolute atomic E-state index is 4.03. The topological polar surface area (TPSA) is 12.0 Å². The van der Waals surface area contributed by atoms with Crippen LogP contribution in [0.3, 0.4) is 0 Å². The smallest absolute Gasteiger partial charge is 0.00398 e. The van der Waals surface area contributed by atoms with Crippen molar-refractivity contribution in [2.45, 2.75) is 6.42 Å². The zero-order valence-electron chi connectivity index (χ0n) is 5.06. The Kier molecular flexibility index (Phi) is 7.09. The summed E-state index contributed by atoms with van der Waals surface area (Å²) in [5.41, 5.74) is 0. The van der Waals surface area contributed by atoms with Crippen LogP contribution >= 0.6 is 12.6 Å². The number of hydrogen-bond donors (Lipinski definition) is 2. The summed E-state index contributed by atoms with van der Waals surface area (Å²) in [5, 5.41) is 3.19. The highest BCUT2D eigenvalue weighted by Gasteiger charge is 1.78. The lowest BCUT2D eigenvalue weighted by molar-refractivity contribution is 0.733. The molecule has 0 bridgehead atoms. The van der Waals surface area contributed by atoms with E-state index in [9.17, 15) is 0 Å². The van der Waals surface area contributed by atoms with E-state index in [0.717, 1.165) is 25.3 Å². The van der Waals surface area contributed by atoms with Gasteiger partial charge in [0.05, 0.1) is 0 Å². The molecule has 48 valence electrons. The summed E-state index contributed by atoms with van der Waals surface area (Å²) in [5.74, 6) is 0.914. The van der Waals surface area contributed by atoms with Crippen LogP contribution in [-0.4, -0.2) is 18.8 Å². The van der Waals surface area contributed by atoms with Crippen molar-refractivity contribution in [1.82, 2.24) is 5.32 Å². The summed E-state index contributed by atoms with van der Waals surface area (Å²) >= 11 is 4.03. The van der Waals surface area contributed by atoms with Crippen LogP contribution in [0.5, 0.6) is 0 Å². The molecule has 2 heteroatoms. The van der Waals surface area contributed by atoms with E-state index in [-0.39, 0.29) is 0 Å². The predicted octanol–water partition coefficient (Wildman–Crippen LogP) is 1.08. The second-order valence-corrected chi connectivity index (χ2v) is 2.00. The van der Waals surface area contributed by atoms with Crippen LogP contribution in [0.2, 0.25) is 0 Å². The molecule has 0 aliphatic carbocycles. The van der Waals surface area contributed by atoms with Gasteiger partial charge in [-0.25, -0.2) is 0 Å². The predicted molar refractivity (Wildman–Crippen MR) is 41.5 cm³/mol. The molecule has 0 spiro atoms. The first kappa shape index (κ1) is 8.05. The fourth-order valence-corrected chi connectivity index (χ4v) is 0.566. The molecule has 0 atom stereocenters. The van der Waals surface area contributed by atoms with Crippen molar-refractivity contribution in [3.8, 4) is 0 Å². The van der Waals surface area contributed by atoms with E-state index in [4.69, 9.17) is 0 Å². The highest BCUT2D eigenvalue weighted by molar-refractivity contribution is 7.80. The van der Waals surface area contributed by atoms with Crippen molar-refractivity contribution in [2.24, 2.45) is 0 Å². The molecule has 0 fully saturated rings. The summed E-state index contributed by atoms with van der Waals surface area (Å²) in [7, 11) is 0. The maximum atomic E-state index is 4.03. The van der Waals surface area contributed by atoms with Gasteiger partial charge in [-0.15, -0.1) is 6.58 Å². The first-order chi connectivity index (χ1) is 3.91. The van der Waals surface area contributed by atoms with Gasteiger partial charge in [0.15, 0.2) is 0 Å². The minimum Gasteiger partial charge on any atom is -0.316 e. The molecule has 0 aromatic rings. The SMILES string of the molecule is C=CCCNCCS. The Hall–Kier alpha value is 0.0500. The number of nitrogens with one attached hydrogen (secondary N) is 1. The second-order valence-electron chi connectivity index (χ2n) is 1.55. The largest absolute Gasteiger partial charge is 0.316 e. The van der Waals surface area contributed by atoms with Gasteiger partial charge >= 0.3 is 0 Å². The van der Waals surface area contributed by atoms with Crippen molar-refractivity contribution in [1.29, 1.82) is 0 Å². The molecule has 0 amide bonds. The van der Waals surface area contributed by atoms with Gasteiger partial charge in [-0.1, -0.05) is 6.08 Å². The molecule has 0 saturated heterocycles. The van der Waals surface area contributed by atoms with Crippen molar-refractivity contribution < 1.29 is 0 Å². The normalized spacial score (nSPS) is 9.12. The molecule has 0 rings (SSSR count). The van der Waals surface area contributed by atoms with Crippen LogP contribution in [0.25, 0.3) is 0 Å². The monoisotopic (exact) mass is 131 g/mol. The standard InChI is InChI=1S/C6H13NS/c1-2-3-4-7-5-6-8/h2,7-8H,1,3-6H2. The van der Waals surface area contributed by atoms with E-state index in [1.807, 2.05) is 6.08 Å². The van der Waals surface area contributed by atoms with E-state index in [1.165, 1.54) is 0 Å². The third-order valence-electron chi connectivity index (χ3n) is 0.814. The second kappa shape index (κ2) is 7.05. The van der Waals surface area contributed by atoms with E-state index in [0.29, 0.717) is 0 Å². The quantitative estimate of drug-likeness (QED) is 0.323. The van der Waals surface area contributed by atoms with Gasteiger partial charge in [-0.3, -0.25) is 0 Å². The first-order valence-electron chi connectivity index (χ1n) is 2.84. The average molecular weight is 131 g/mol. The average Bonchev–Trinajstić information content (AvgIpc) is 1.81. The third kappa shape index (κ3) is 6.05. The summed E-state index contributed by atoms with van der Waals surface area (Å²) in [4.78, 5) is 0. The van der Waals surface area contributed by atoms with Crippen molar-refractivity contribution >= 4 is 12.6 Å². The Labute approximate surface area is 56.6 Å². The summed E-state index contributed by atoms with van der Waals surface area (Å²) in [6, 6.07) is 0. The minimum atomic E-state index is 0.914. The summed E-state index contributed by atoms with van der Waals surface area (Å²) < 4.78 is 0. The Bertz CT molecular complexity index is 54.5. The Balaban J connectivity index is 2.62. The molecule has 0 heterocycles. The Morgan fingerprint density at radius 1 is 1.50 bits per heavy atom. The molecule has 8 heavy (non-hydrogen) atoms. The van der Waals surface area contributed by atoms with Crippen LogP contribution in [0, 0.1) is 0 Å². The molecule has 0 aromatic heterocycles. The first-order valence-corrected chi connectivity index (χ1v) is 3.47. The molecule has 0 radical (unpaired) electrons. The Morgan fingerprint density at radius 3 is 2.75 bits per heavy atom. The van der Waals surface area contributed by atoms with Gasteiger partial charge in [0.25, 0.3) is 0 Å². The lowest BCUT2D eigenvalue weighted by Crippen LogP contribution is -2.16. The van der Waals surface area contributed by atoms with Gasteiger partial charge in [-0.05, 0) is 13.0 Å². The summed E-state index contributed by atoms with van der Waals surface area (Å²) in [6.45, 7) is 5.63. The van der Waals surface area contributed by atoms with Crippen molar-refractivity contribution in [3.63, 3.8) is 0 Å². The minimum absolute atomic E-state index is 0.914. The van der Waals surface area contributed by atoms with Crippen LogP contribution in [-0.2, 0) is 0 Å². The van der Waals surface area contributed by atoms with Gasteiger partial charge in [-0.2, -0.15) is 12.6 Å². The molecular formula is C6H13NS. The van der Waals surface area contributed by atoms with E-state index >= 15 is 0 Å². The van der Waals surface area contributed by atoms with Crippen molar-refractivity contribution in [3.05, 3.63) is 12.7 Å². The third-order valence-corrected chi connectivity index (χ3v) is 1.04. The summed E-state index contributed by atoms with van der Waals surface area (Å²) in [6.07, 6.45) is 2.96. The van der Waals surface area contributed by atoms with Gasteiger partial charge < -0.3 is 5.32 Å². The van der Waals surface area contributed by atoms with Crippen LogP contribution in [0.15, 0.2) is 12.7 Å². The maximum Gasteiger partial charge on any atom is 0.00398 e. The van der Waals surface area contributed by atoms with Crippen molar-refractivity contribution in [2.75, 3.05) is 18.8 Å². The molecule has 0 aliphatic heterocycles. The molecule has 1 nitrogen and oxygen atoms in total. The lowest BCUT2D eigenvalue weighted by atomic mass is 10.4. The number of rotatable bonds is 5. The lowest BCUT2D eigenvalue weighted by Gasteiger charge is -1.96. The molecule has 0 aromatic carbocycles. The van der Waals surface area contributed by atoms with Gasteiger partial charge in [0, 0.05) is 12.3 Å². The van der Waals surface area contributed by atoms with E-state index < -0.39 is 0 Å².